The molecule has 23 heavy (non-hydrogen) atoms. The molecule has 2 rings (SSSR count). The van der Waals surface area contributed by atoms with E-state index in [9.17, 15) is 9.90 Å². The van der Waals surface area contributed by atoms with Gasteiger partial charge in [0, 0.05) is 13.5 Å². The van der Waals surface area contributed by atoms with Crippen LogP contribution >= 0.6 is 0 Å². The number of ether oxygens (including phenoxy) is 1. The molecule has 2 fully saturated rings. The number of carbonyl (C=O) groups is 1. The summed E-state index contributed by atoms with van der Waals surface area (Å²) in [5.41, 5.74) is 0. The van der Waals surface area contributed by atoms with E-state index in [0.717, 1.165) is 50.9 Å². The normalized spacial score (nSPS) is 29.9. The summed E-state index contributed by atoms with van der Waals surface area (Å²) in [6, 6.07) is 0. The molecule has 2 aliphatic rings. The Kier molecular flexibility index (Phi) is 8.32. The summed E-state index contributed by atoms with van der Waals surface area (Å²) in [7, 11) is 1.68. The van der Waals surface area contributed by atoms with Gasteiger partial charge < -0.3 is 9.84 Å². The second-order valence-electron chi connectivity index (χ2n) is 7.51. The second-order valence-corrected chi connectivity index (χ2v) is 7.51. The Morgan fingerprint density at radius 2 is 1.87 bits per heavy atom. The Morgan fingerprint density at radius 3 is 2.61 bits per heavy atom. The van der Waals surface area contributed by atoms with Crippen molar-refractivity contribution in [3.8, 4) is 0 Å². The largest absolute Gasteiger partial charge is 0.390 e. The molecule has 2 saturated carbocycles. The molecule has 3 heteroatoms. The van der Waals surface area contributed by atoms with Crippen LogP contribution in [0.5, 0.6) is 0 Å². The molecule has 132 valence electrons. The molecule has 3 unspecified atom stereocenters. The molecule has 0 amide bonds. The molecule has 0 heterocycles. The first-order valence-electron chi connectivity index (χ1n) is 9.59. The first kappa shape index (κ1) is 18.7. The van der Waals surface area contributed by atoms with Gasteiger partial charge in [-0.15, -0.1) is 0 Å². The van der Waals surface area contributed by atoms with Crippen molar-refractivity contribution in [3.05, 3.63) is 12.2 Å². The van der Waals surface area contributed by atoms with Crippen LogP contribution in [-0.2, 0) is 9.53 Å². The van der Waals surface area contributed by atoms with Crippen LogP contribution in [0, 0.1) is 11.8 Å². The molecule has 0 saturated heterocycles. The lowest BCUT2D eigenvalue weighted by Gasteiger charge is -2.32. The molecule has 0 spiro atoms. The molecular formula is C20H34O3. The maximum Gasteiger partial charge on any atom is 0.155 e. The van der Waals surface area contributed by atoms with E-state index in [1.165, 1.54) is 32.1 Å². The molecule has 0 aromatic rings. The summed E-state index contributed by atoms with van der Waals surface area (Å²) in [6.07, 6.45) is 17.0. The van der Waals surface area contributed by atoms with Crippen LogP contribution in [0.25, 0.3) is 0 Å². The lowest BCUT2D eigenvalue weighted by Crippen LogP contribution is -2.35. The third-order valence-electron chi connectivity index (χ3n) is 5.74. The predicted octanol–water partition coefficient (Wildman–Crippen LogP) is 4.43. The number of hydrogen-bond acceptors (Lipinski definition) is 3. The van der Waals surface area contributed by atoms with E-state index < -0.39 is 0 Å². The van der Waals surface area contributed by atoms with Gasteiger partial charge in [-0.2, -0.15) is 0 Å². The van der Waals surface area contributed by atoms with E-state index in [4.69, 9.17) is 4.74 Å². The van der Waals surface area contributed by atoms with Gasteiger partial charge in [-0.1, -0.05) is 38.2 Å². The monoisotopic (exact) mass is 322 g/mol. The minimum absolute atomic E-state index is 0.00476. The van der Waals surface area contributed by atoms with Crippen LogP contribution in [0.3, 0.4) is 0 Å². The van der Waals surface area contributed by atoms with E-state index in [1.54, 1.807) is 13.2 Å². The van der Waals surface area contributed by atoms with Crippen molar-refractivity contribution in [3.63, 3.8) is 0 Å². The molecule has 0 bridgehead atoms. The third-order valence-corrected chi connectivity index (χ3v) is 5.74. The quantitative estimate of drug-likeness (QED) is 0.673. The number of hydrogen-bond donors (Lipinski definition) is 1. The van der Waals surface area contributed by atoms with E-state index in [0.29, 0.717) is 11.7 Å². The van der Waals surface area contributed by atoms with Crippen molar-refractivity contribution in [1.82, 2.24) is 0 Å². The number of rotatable bonds is 8. The summed E-state index contributed by atoms with van der Waals surface area (Å²) in [4.78, 5) is 11.9. The van der Waals surface area contributed by atoms with Gasteiger partial charge >= 0.3 is 0 Å². The molecule has 0 aromatic heterocycles. The van der Waals surface area contributed by atoms with E-state index in [2.05, 4.69) is 6.08 Å². The van der Waals surface area contributed by atoms with Crippen LogP contribution in [0.4, 0.5) is 0 Å². The SMILES string of the molecule is COC1CC(CCC=CC(=O)CCC2CCCCC2)CCC1O. The standard InChI is InChI=1S/C20H34O3/c1-23-20-15-17(12-14-19(20)22)9-5-6-10-18(21)13-11-16-7-3-2-4-8-16/h6,10,16-17,19-20,22H,2-5,7-9,11-15H2,1H3. The first-order chi connectivity index (χ1) is 11.2. The van der Waals surface area contributed by atoms with Crippen molar-refractivity contribution in [2.45, 2.75) is 89.3 Å². The fourth-order valence-electron chi connectivity index (χ4n) is 4.16. The van der Waals surface area contributed by atoms with Gasteiger partial charge in [-0.25, -0.2) is 0 Å². The highest BCUT2D eigenvalue weighted by Gasteiger charge is 2.28. The number of aliphatic hydroxyl groups is 1. The van der Waals surface area contributed by atoms with Crippen molar-refractivity contribution in [1.29, 1.82) is 0 Å². The summed E-state index contributed by atoms with van der Waals surface area (Å²) in [5.74, 6) is 1.70. The second kappa shape index (κ2) is 10.2. The molecule has 3 atom stereocenters. The van der Waals surface area contributed by atoms with Crippen LogP contribution in [-0.4, -0.2) is 30.2 Å². The highest BCUT2D eigenvalue weighted by molar-refractivity contribution is 5.89. The van der Waals surface area contributed by atoms with Crippen LogP contribution < -0.4 is 0 Å². The maximum atomic E-state index is 11.9. The third kappa shape index (κ3) is 6.76. The summed E-state index contributed by atoms with van der Waals surface area (Å²) in [5, 5.41) is 9.81. The average molecular weight is 322 g/mol. The molecule has 1 N–H and O–H groups in total. The van der Waals surface area contributed by atoms with Crippen molar-refractivity contribution in [2.24, 2.45) is 11.8 Å². The predicted molar refractivity (Wildman–Crippen MR) is 93.3 cm³/mol. The maximum absolute atomic E-state index is 11.9. The lowest BCUT2D eigenvalue weighted by atomic mass is 9.82. The van der Waals surface area contributed by atoms with E-state index >= 15 is 0 Å². The topological polar surface area (TPSA) is 46.5 Å². The van der Waals surface area contributed by atoms with Crippen molar-refractivity contribution < 1.29 is 14.6 Å². The highest BCUT2D eigenvalue weighted by atomic mass is 16.5. The Morgan fingerprint density at radius 1 is 1.09 bits per heavy atom. The zero-order chi connectivity index (χ0) is 16.5. The molecule has 0 radical (unpaired) electrons. The molecule has 0 aromatic carbocycles. The first-order valence-corrected chi connectivity index (χ1v) is 9.59. The van der Waals surface area contributed by atoms with Gasteiger partial charge in [0.25, 0.3) is 0 Å². The van der Waals surface area contributed by atoms with Gasteiger partial charge in [0.2, 0.25) is 0 Å². The minimum atomic E-state index is -0.298. The van der Waals surface area contributed by atoms with Gasteiger partial charge in [-0.05, 0) is 56.4 Å². The van der Waals surface area contributed by atoms with Gasteiger partial charge in [0.05, 0.1) is 12.2 Å². The summed E-state index contributed by atoms with van der Waals surface area (Å²) < 4.78 is 5.35. The molecule has 0 aliphatic heterocycles. The average Bonchev–Trinajstić information content (AvgIpc) is 2.59. The minimum Gasteiger partial charge on any atom is -0.390 e. The van der Waals surface area contributed by atoms with E-state index in [-0.39, 0.29) is 12.2 Å². The summed E-state index contributed by atoms with van der Waals surface area (Å²) in [6.45, 7) is 0. The smallest absolute Gasteiger partial charge is 0.155 e. The van der Waals surface area contributed by atoms with Crippen LogP contribution in [0.15, 0.2) is 12.2 Å². The van der Waals surface area contributed by atoms with Crippen molar-refractivity contribution >= 4 is 5.78 Å². The van der Waals surface area contributed by atoms with Gasteiger partial charge in [-0.3, -0.25) is 4.79 Å². The van der Waals surface area contributed by atoms with Gasteiger partial charge in [0.1, 0.15) is 0 Å². The zero-order valence-corrected chi connectivity index (χ0v) is 14.7. The van der Waals surface area contributed by atoms with Gasteiger partial charge in [0.15, 0.2) is 5.78 Å². The zero-order valence-electron chi connectivity index (χ0n) is 14.7. The van der Waals surface area contributed by atoms with E-state index in [1.807, 2.05) is 0 Å². The Labute approximate surface area is 141 Å². The Balaban J connectivity index is 1.57. The highest BCUT2D eigenvalue weighted by Crippen LogP contribution is 2.30. The summed E-state index contributed by atoms with van der Waals surface area (Å²) >= 11 is 0. The van der Waals surface area contributed by atoms with Crippen molar-refractivity contribution in [2.75, 3.05) is 7.11 Å². The number of aliphatic hydroxyl groups excluding tert-OH is 1. The number of allylic oxidation sites excluding steroid dienone is 2. The molecule has 2 aliphatic carbocycles. The number of ketones is 1. The van der Waals surface area contributed by atoms with Crippen LogP contribution in [0.1, 0.15) is 77.0 Å². The fraction of sp³-hybridized carbons (Fsp3) is 0.850. The Bertz CT molecular complexity index is 371. The Hall–Kier alpha value is -0.670. The molecular weight excluding hydrogens is 288 g/mol. The van der Waals surface area contributed by atoms with Crippen LogP contribution in [0.2, 0.25) is 0 Å². The fourth-order valence-corrected chi connectivity index (χ4v) is 4.16. The lowest BCUT2D eigenvalue weighted by molar-refractivity contribution is -0.114. The number of carbonyl (C=O) groups excluding carboxylic acids is 1. The molecule has 3 nitrogen and oxygen atoms in total. The number of methoxy groups -OCH3 is 1.